The molecular formula is C18H18ClN3O2. The Hall–Kier alpha value is -2.37. The smallest absolute Gasteiger partial charge is 0.246 e. The zero-order valence-corrected chi connectivity index (χ0v) is 14.2. The predicted molar refractivity (Wildman–Crippen MR) is 93.9 cm³/mol. The molecule has 0 unspecified atom stereocenters. The lowest BCUT2D eigenvalue weighted by Crippen LogP contribution is -2.01. The summed E-state index contributed by atoms with van der Waals surface area (Å²) < 4.78 is 10.6. The molecule has 0 aliphatic carbocycles. The molecule has 1 atom stereocenters. The third kappa shape index (κ3) is 3.93. The van der Waals surface area contributed by atoms with E-state index in [1.54, 1.807) is 13.2 Å². The number of nitrogens with one attached hydrogen (secondary N) is 1. The standard InChI is InChI=1S/C18H18ClN3O2/c1-12(23-2)13-5-4-8-16(10-13)20-11-17-21-18(22-24-17)14-6-3-7-15(19)9-14/h3-10,12,20H,11H2,1-2H3/t12-/m1/s1. The van der Waals surface area contributed by atoms with Crippen molar-refractivity contribution in [3.05, 3.63) is 65.0 Å². The van der Waals surface area contributed by atoms with Gasteiger partial charge in [0.2, 0.25) is 11.7 Å². The molecule has 0 saturated carbocycles. The summed E-state index contributed by atoms with van der Waals surface area (Å²) in [5.41, 5.74) is 2.90. The van der Waals surface area contributed by atoms with Crippen LogP contribution in [0.15, 0.2) is 53.1 Å². The summed E-state index contributed by atoms with van der Waals surface area (Å²) in [5, 5.41) is 7.91. The van der Waals surface area contributed by atoms with Crippen molar-refractivity contribution in [1.82, 2.24) is 10.1 Å². The summed E-state index contributed by atoms with van der Waals surface area (Å²) in [6, 6.07) is 15.4. The van der Waals surface area contributed by atoms with Gasteiger partial charge in [-0.15, -0.1) is 0 Å². The highest BCUT2D eigenvalue weighted by atomic mass is 35.5. The first-order valence-electron chi connectivity index (χ1n) is 7.61. The second kappa shape index (κ2) is 7.47. The Morgan fingerprint density at radius 2 is 2.04 bits per heavy atom. The van der Waals surface area contributed by atoms with Crippen LogP contribution in [-0.4, -0.2) is 17.3 Å². The van der Waals surface area contributed by atoms with Gasteiger partial charge >= 0.3 is 0 Å². The third-order valence-electron chi connectivity index (χ3n) is 3.70. The molecule has 0 aliphatic heterocycles. The highest BCUT2D eigenvalue weighted by Crippen LogP contribution is 2.22. The molecule has 3 aromatic rings. The molecular weight excluding hydrogens is 326 g/mol. The number of nitrogens with zero attached hydrogens (tertiary/aromatic N) is 2. The van der Waals surface area contributed by atoms with Crippen molar-refractivity contribution in [2.75, 3.05) is 12.4 Å². The molecule has 124 valence electrons. The lowest BCUT2D eigenvalue weighted by atomic mass is 10.1. The van der Waals surface area contributed by atoms with Crippen LogP contribution in [0.5, 0.6) is 0 Å². The van der Waals surface area contributed by atoms with Gasteiger partial charge in [-0.3, -0.25) is 0 Å². The second-order valence-corrected chi connectivity index (χ2v) is 5.82. The van der Waals surface area contributed by atoms with Gasteiger partial charge in [0.1, 0.15) is 0 Å². The van der Waals surface area contributed by atoms with Gasteiger partial charge in [-0.25, -0.2) is 0 Å². The zero-order chi connectivity index (χ0) is 16.9. The predicted octanol–water partition coefficient (Wildman–Crippen LogP) is 4.71. The molecule has 1 heterocycles. The van der Waals surface area contributed by atoms with Gasteiger partial charge in [-0.2, -0.15) is 4.98 Å². The first-order valence-corrected chi connectivity index (χ1v) is 7.98. The van der Waals surface area contributed by atoms with Crippen molar-refractivity contribution in [2.24, 2.45) is 0 Å². The van der Waals surface area contributed by atoms with Gasteiger partial charge in [-0.1, -0.05) is 41.0 Å². The topological polar surface area (TPSA) is 60.2 Å². The molecule has 1 N–H and O–H groups in total. The van der Waals surface area contributed by atoms with E-state index in [0.29, 0.717) is 23.3 Å². The SMILES string of the molecule is CO[C@H](C)c1cccc(NCc2nc(-c3cccc(Cl)c3)no2)c1. The number of benzene rings is 2. The minimum Gasteiger partial charge on any atom is -0.377 e. The summed E-state index contributed by atoms with van der Waals surface area (Å²) in [6.07, 6.45) is 0.0459. The lowest BCUT2D eigenvalue weighted by Gasteiger charge is -2.11. The summed E-state index contributed by atoms with van der Waals surface area (Å²) in [4.78, 5) is 4.39. The molecule has 0 aliphatic rings. The van der Waals surface area contributed by atoms with Crippen LogP contribution < -0.4 is 5.32 Å². The van der Waals surface area contributed by atoms with Crippen LogP contribution in [0.25, 0.3) is 11.4 Å². The number of hydrogen-bond donors (Lipinski definition) is 1. The fourth-order valence-electron chi connectivity index (χ4n) is 2.29. The van der Waals surface area contributed by atoms with Gasteiger partial charge in [0.25, 0.3) is 0 Å². The fourth-order valence-corrected chi connectivity index (χ4v) is 2.48. The van der Waals surface area contributed by atoms with Crippen molar-refractivity contribution < 1.29 is 9.26 Å². The van der Waals surface area contributed by atoms with Gasteiger partial charge < -0.3 is 14.6 Å². The average molecular weight is 344 g/mol. The van der Waals surface area contributed by atoms with Crippen LogP contribution >= 0.6 is 11.6 Å². The van der Waals surface area contributed by atoms with E-state index in [0.717, 1.165) is 16.8 Å². The molecule has 6 heteroatoms. The molecule has 1 aromatic heterocycles. The van der Waals surface area contributed by atoms with Crippen molar-refractivity contribution in [3.63, 3.8) is 0 Å². The number of rotatable bonds is 6. The van der Waals surface area contributed by atoms with Crippen molar-refractivity contribution in [2.45, 2.75) is 19.6 Å². The van der Waals surface area contributed by atoms with E-state index in [1.807, 2.05) is 49.4 Å². The van der Waals surface area contributed by atoms with E-state index < -0.39 is 0 Å². The van der Waals surface area contributed by atoms with Crippen molar-refractivity contribution >= 4 is 17.3 Å². The molecule has 2 aromatic carbocycles. The molecule has 0 amide bonds. The Kier molecular flexibility index (Phi) is 5.13. The summed E-state index contributed by atoms with van der Waals surface area (Å²) in [6.45, 7) is 2.45. The van der Waals surface area contributed by atoms with Crippen LogP contribution in [0.2, 0.25) is 5.02 Å². The lowest BCUT2D eigenvalue weighted by molar-refractivity contribution is 0.119. The molecule has 0 fully saturated rings. The zero-order valence-electron chi connectivity index (χ0n) is 13.5. The van der Waals surface area contributed by atoms with Crippen molar-refractivity contribution in [1.29, 1.82) is 0 Å². The quantitative estimate of drug-likeness (QED) is 0.702. The maximum Gasteiger partial charge on any atom is 0.246 e. The minimum absolute atomic E-state index is 0.0459. The monoisotopic (exact) mass is 343 g/mol. The van der Waals surface area contributed by atoms with E-state index in [-0.39, 0.29) is 6.10 Å². The first kappa shape index (κ1) is 16.5. The van der Waals surface area contributed by atoms with Gasteiger partial charge in [0.05, 0.1) is 12.6 Å². The van der Waals surface area contributed by atoms with E-state index >= 15 is 0 Å². The van der Waals surface area contributed by atoms with Gasteiger partial charge in [0.15, 0.2) is 0 Å². The molecule has 0 spiro atoms. The number of aromatic nitrogens is 2. The van der Waals surface area contributed by atoms with Gasteiger partial charge in [0, 0.05) is 23.4 Å². The van der Waals surface area contributed by atoms with E-state index in [2.05, 4.69) is 15.5 Å². The average Bonchev–Trinajstić information content (AvgIpc) is 3.08. The molecule has 0 radical (unpaired) electrons. The summed E-state index contributed by atoms with van der Waals surface area (Å²) in [7, 11) is 1.70. The maximum absolute atomic E-state index is 5.99. The van der Waals surface area contributed by atoms with Crippen LogP contribution in [0, 0.1) is 0 Å². The molecule has 0 saturated heterocycles. The Morgan fingerprint density at radius 3 is 2.83 bits per heavy atom. The highest BCUT2D eigenvalue weighted by molar-refractivity contribution is 6.30. The van der Waals surface area contributed by atoms with E-state index in [9.17, 15) is 0 Å². The fraction of sp³-hybridized carbons (Fsp3) is 0.222. The van der Waals surface area contributed by atoms with Crippen LogP contribution in [0.1, 0.15) is 24.5 Å². The second-order valence-electron chi connectivity index (χ2n) is 5.38. The molecule has 5 nitrogen and oxygen atoms in total. The maximum atomic E-state index is 5.99. The first-order chi connectivity index (χ1) is 11.7. The number of halogens is 1. The Labute approximate surface area is 145 Å². The Balaban J connectivity index is 1.68. The number of methoxy groups -OCH3 is 1. The minimum atomic E-state index is 0.0459. The van der Waals surface area contributed by atoms with Gasteiger partial charge in [-0.05, 0) is 36.8 Å². The number of ether oxygens (including phenoxy) is 1. The van der Waals surface area contributed by atoms with Crippen LogP contribution in [0.4, 0.5) is 5.69 Å². The Bertz CT molecular complexity index is 819. The normalized spacial score (nSPS) is 12.1. The van der Waals surface area contributed by atoms with Crippen LogP contribution in [-0.2, 0) is 11.3 Å². The molecule has 3 rings (SSSR count). The molecule has 24 heavy (non-hydrogen) atoms. The number of anilines is 1. The largest absolute Gasteiger partial charge is 0.377 e. The number of hydrogen-bond acceptors (Lipinski definition) is 5. The summed E-state index contributed by atoms with van der Waals surface area (Å²) in [5.74, 6) is 1.03. The highest BCUT2D eigenvalue weighted by Gasteiger charge is 2.09. The molecule has 0 bridgehead atoms. The van der Waals surface area contributed by atoms with Crippen molar-refractivity contribution in [3.8, 4) is 11.4 Å². The van der Waals surface area contributed by atoms with E-state index in [1.165, 1.54) is 0 Å². The summed E-state index contributed by atoms with van der Waals surface area (Å²) >= 11 is 5.99. The Morgan fingerprint density at radius 1 is 1.21 bits per heavy atom. The van der Waals surface area contributed by atoms with E-state index in [4.69, 9.17) is 20.9 Å². The van der Waals surface area contributed by atoms with Crippen LogP contribution in [0.3, 0.4) is 0 Å². The third-order valence-corrected chi connectivity index (χ3v) is 3.94.